The minimum absolute atomic E-state index is 0.245. The predicted molar refractivity (Wildman–Crippen MR) is 59.8 cm³/mol. The van der Waals surface area contributed by atoms with Crippen LogP contribution >= 0.6 is 0 Å². The van der Waals surface area contributed by atoms with Gasteiger partial charge in [-0.25, -0.2) is 0 Å². The Kier molecular flexibility index (Phi) is 3.28. The number of hydrogen-bond acceptors (Lipinski definition) is 4. The summed E-state index contributed by atoms with van der Waals surface area (Å²) in [5.74, 6) is -0.441. The predicted octanol–water partition coefficient (Wildman–Crippen LogP) is 0.661. The fourth-order valence-electron chi connectivity index (χ4n) is 1.62. The second-order valence-corrected chi connectivity index (χ2v) is 4.58. The monoisotopic (exact) mass is 225 g/mol. The van der Waals surface area contributed by atoms with Gasteiger partial charge in [0.1, 0.15) is 0 Å². The lowest BCUT2D eigenvalue weighted by Crippen LogP contribution is -2.48. The van der Waals surface area contributed by atoms with E-state index in [0.29, 0.717) is 13.2 Å². The third-order valence-electron chi connectivity index (χ3n) is 2.60. The molecule has 5 heteroatoms. The second-order valence-electron chi connectivity index (χ2n) is 4.58. The van der Waals surface area contributed by atoms with Crippen LogP contribution in [0.25, 0.3) is 0 Å². The van der Waals surface area contributed by atoms with Gasteiger partial charge in [0.2, 0.25) is 0 Å². The highest BCUT2D eigenvalue weighted by atomic mass is 16.7. The second kappa shape index (κ2) is 4.53. The minimum Gasteiger partial charge on any atom is -0.349 e. The number of hydrogen-bond donors (Lipinski definition) is 1. The summed E-state index contributed by atoms with van der Waals surface area (Å²) in [4.78, 5) is 0. The molecule has 16 heavy (non-hydrogen) atoms. The number of ether oxygens (including phenoxy) is 2. The van der Waals surface area contributed by atoms with Crippen LogP contribution in [0.1, 0.15) is 19.5 Å². The molecule has 0 aromatic carbocycles. The van der Waals surface area contributed by atoms with Gasteiger partial charge >= 0.3 is 0 Å². The highest BCUT2D eigenvalue weighted by molar-refractivity contribution is 4.98. The maximum atomic E-state index is 5.56. The van der Waals surface area contributed by atoms with Crippen molar-refractivity contribution in [2.75, 3.05) is 13.2 Å². The van der Waals surface area contributed by atoms with Crippen LogP contribution in [0, 0.1) is 0 Å². The molecule has 0 saturated carbocycles. The molecular weight excluding hydrogens is 206 g/mol. The summed E-state index contributed by atoms with van der Waals surface area (Å²) in [5.41, 5.74) is 1.03. The number of aromatic nitrogens is 2. The van der Waals surface area contributed by atoms with Gasteiger partial charge in [-0.1, -0.05) is 0 Å². The molecule has 1 aliphatic rings. The van der Waals surface area contributed by atoms with E-state index in [9.17, 15) is 0 Å². The fraction of sp³-hybridized carbons (Fsp3) is 0.727. The molecule has 1 N–H and O–H groups in total. The van der Waals surface area contributed by atoms with E-state index >= 15 is 0 Å². The Morgan fingerprint density at radius 1 is 1.50 bits per heavy atom. The zero-order valence-electron chi connectivity index (χ0n) is 10.1. The summed E-state index contributed by atoms with van der Waals surface area (Å²) in [7, 11) is 1.92. The van der Waals surface area contributed by atoms with Gasteiger partial charge < -0.3 is 14.8 Å². The lowest BCUT2D eigenvalue weighted by Gasteiger charge is -2.35. The van der Waals surface area contributed by atoms with Gasteiger partial charge in [0, 0.05) is 19.8 Å². The molecule has 0 aliphatic carbocycles. The van der Waals surface area contributed by atoms with Crippen LogP contribution in [0.15, 0.2) is 12.3 Å². The van der Waals surface area contributed by atoms with E-state index < -0.39 is 5.79 Å². The molecule has 0 atom stereocenters. The molecule has 0 amide bonds. The van der Waals surface area contributed by atoms with Crippen molar-refractivity contribution < 1.29 is 9.47 Å². The first-order valence-corrected chi connectivity index (χ1v) is 5.55. The summed E-state index contributed by atoms with van der Waals surface area (Å²) < 4.78 is 12.9. The number of nitrogens with zero attached hydrogens (tertiary/aromatic N) is 2. The Morgan fingerprint density at radius 3 is 2.75 bits per heavy atom. The SMILES string of the molecule is Cn1ccc(CNC2COC(C)(C)OC2)n1. The molecule has 0 spiro atoms. The zero-order chi connectivity index (χ0) is 11.6. The van der Waals surface area contributed by atoms with E-state index in [2.05, 4.69) is 10.4 Å². The van der Waals surface area contributed by atoms with Crippen molar-refractivity contribution in [1.82, 2.24) is 15.1 Å². The third-order valence-corrected chi connectivity index (χ3v) is 2.60. The molecule has 1 saturated heterocycles. The van der Waals surface area contributed by atoms with E-state index in [-0.39, 0.29) is 6.04 Å². The van der Waals surface area contributed by atoms with Gasteiger partial charge in [-0.2, -0.15) is 5.10 Å². The summed E-state index contributed by atoms with van der Waals surface area (Å²) >= 11 is 0. The lowest BCUT2D eigenvalue weighted by molar-refractivity contribution is -0.253. The van der Waals surface area contributed by atoms with Crippen molar-refractivity contribution in [2.45, 2.75) is 32.2 Å². The number of rotatable bonds is 3. The van der Waals surface area contributed by atoms with Gasteiger partial charge in [0.15, 0.2) is 5.79 Å². The van der Waals surface area contributed by atoms with Crippen LogP contribution in [0.3, 0.4) is 0 Å². The van der Waals surface area contributed by atoms with Crippen molar-refractivity contribution in [1.29, 1.82) is 0 Å². The molecule has 0 radical (unpaired) electrons. The number of nitrogens with one attached hydrogen (secondary N) is 1. The molecule has 0 unspecified atom stereocenters. The minimum atomic E-state index is -0.441. The van der Waals surface area contributed by atoms with Crippen molar-refractivity contribution in [3.8, 4) is 0 Å². The molecule has 2 heterocycles. The molecule has 1 aromatic heterocycles. The average molecular weight is 225 g/mol. The molecule has 90 valence electrons. The van der Waals surface area contributed by atoms with E-state index in [0.717, 1.165) is 12.2 Å². The van der Waals surface area contributed by atoms with Gasteiger partial charge in [-0.15, -0.1) is 0 Å². The lowest BCUT2D eigenvalue weighted by atomic mass is 10.2. The van der Waals surface area contributed by atoms with Gasteiger partial charge in [0.25, 0.3) is 0 Å². The molecule has 2 rings (SSSR count). The van der Waals surface area contributed by atoms with Gasteiger partial charge in [0.05, 0.1) is 24.9 Å². The fourth-order valence-corrected chi connectivity index (χ4v) is 1.62. The highest BCUT2D eigenvalue weighted by Gasteiger charge is 2.27. The van der Waals surface area contributed by atoms with Crippen LogP contribution in [-0.4, -0.2) is 34.8 Å². The molecule has 0 bridgehead atoms. The number of aryl methyl sites for hydroxylation is 1. The van der Waals surface area contributed by atoms with E-state index in [4.69, 9.17) is 9.47 Å². The Balaban J connectivity index is 1.75. The van der Waals surface area contributed by atoms with Crippen molar-refractivity contribution in [2.24, 2.45) is 7.05 Å². The van der Waals surface area contributed by atoms with E-state index in [1.807, 2.05) is 33.2 Å². The van der Waals surface area contributed by atoms with Gasteiger partial charge in [-0.3, -0.25) is 4.68 Å². The van der Waals surface area contributed by atoms with Crippen molar-refractivity contribution in [3.05, 3.63) is 18.0 Å². The Hall–Kier alpha value is -0.910. The van der Waals surface area contributed by atoms with Crippen LogP contribution in [0.4, 0.5) is 0 Å². The Labute approximate surface area is 95.7 Å². The van der Waals surface area contributed by atoms with Crippen molar-refractivity contribution in [3.63, 3.8) is 0 Å². The first-order valence-electron chi connectivity index (χ1n) is 5.55. The zero-order valence-corrected chi connectivity index (χ0v) is 10.1. The summed E-state index contributed by atoms with van der Waals surface area (Å²) in [6.07, 6.45) is 1.94. The highest BCUT2D eigenvalue weighted by Crippen LogP contribution is 2.16. The molecule has 1 aliphatic heterocycles. The van der Waals surface area contributed by atoms with Crippen LogP contribution < -0.4 is 5.32 Å². The Bertz CT molecular complexity index is 339. The topological polar surface area (TPSA) is 48.3 Å². The maximum Gasteiger partial charge on any atom is 0.162 e. The normalized spacial score (nSPS) is 21.2. The van der Waals surface area contributed by atoms with E-state index in [1.165, 1.54) is 0 Å². The molecule has 1 fully saturated rings. The quantitative estimate of drug-likeness (QED) is 0.821. The maximum absolute atomic E-state index is 5.56. The largest absolute Gasteiger partial charge is 0.349 e. The van der Waals surface area contributed by atoms with E-state index in [1.54, 1.807) is 4.68 Å². The van der Waals surface area contributed by atoms with Crippen molar-refractivity contribution >= 4 is 0 Å². The standard InChI is InChI=1S/C11H19N3O2/c1-11(2)15-7-10(8-16-11)12-6-9-4-5-14(3)13-9/h4-5,10,12H,6-8H2,1-3H3. The van der Waals surface area contributed by atoms with Crippen LogP contribution in [-0.2, 0) is 23.1 Å². The average Bonchev–Trinajstić information content (AvgIpc) is 2.63. The molecular formula is C11H19N3O2. The summed E-state index contributed by atoms with van der Waals surface area (Å²) in [6.45, 7) is 5.97. The van der Waals surface area contributed by atoms with Gasteiger partial charge in [-0.05, 0) is 19.9 Å². The summed E-state index contributed by atoms with van der Waals surface area (Å²) in [5, 5.41) is 7.66. The first kappa shape index (κ1) is 11.6. The molecule has 1 aromatic rings. The molecule has 5 nitrogen and oxygen atoms in total. The van der Waals surface area contributed by atoms with Crippen LogP contribution in [0.5, 0.6) is 0 Å². The first-order chi connectivity index (χ1) is 7.55. The third kappa shape index (κ3) is 3.04. The summed E-state index contributed by atoms with van der Waals surface area (Å²) in [6, 6.07) is 2.25. The van der Waals surface area contributed by atoms with Crippen LogP contribution in [0.2, 0.25) is 0 Å². The smallest absolute Gasteiger partial charge is 0.162 e. The Morgan fingerprint density at radius 2 is 2.19 bits per heavy atom.